The molecule has 0 fully saturated rings. The zero-order valence-electron chi connectivity index (χ0n) is 5.43. The van der Waals surface area contributed by atoms with Crippen LogP contribution in [0.1, 0.15) is 0 Å². The van der Waals surface area contributed by atoms with Gasteiger partial charge in [-0.2, -0.15) is 12.6 Å². The van der Waals surface area contributed by atoms with Crippen LogP contribution in [-0.4, -0.2) is 15.6 Å². The molecule has 3 atom stereocenters. The van der Waals surface area contributed by atoms with Crippen molar-refractivity contribution in [1.29, 1.82) is 0 Å². The molecule has 60 valence electrons. The molecule has 0 rings (SSSR count). The summed E-state index contributed by atoms with van der Waals surface area (Å²) < 4.78 is 15.0. The maximum absolute atomic E-state index is 10.4. The first-order valence-corrected chi connectivity index (χ1v) is 5.24. The van der Waals surface area contributed by atoms with E-state index in [9.17, 15) is 4.21 Å². The van der Waals surface area contributed by atoms with Gasteiger partial charge in [-0.3, -0.25) is 4.18 Å². The van der Waals surface area contributed by atoms with Crippen LogP contribution in [0.15, 0.2) is 0 Å². The van der Waals surface area contributed by atoms with Crippen LogP contribution in [0.3, 0.4) is 0 Å². The molecule has 0 N–H and O–H groups in total. The van der Waals surface area contributed by atoms with Gasteiger partial charge in [0.15, 0.2) is 6.10 Å². The summed E-state index contributed by atoms with van der Waals surface area (Å²) in [4.78, 5) is 0. The lowest BCUT2D eigenvalue weighted by atomic mass is 10.3. The highest BCUT2D eigenvalue weighted by molar-refractivity contribution is 8.19. The Labute approximate surface area is 78.0 Å². The van der Waals surface area contributed by atoms with E-state index in [1.54, 1.807) is 0 Å². The molecule has 0 aromatic carbocycles. The van der Waals surface area contributed by atoms with Gasteiger partial charge < -0.3 is 0 Å². The van der Waals surface area contributed by atoms with Crippen LogP contribution >= 0.6 is 12.6 Å². The summed E-state index contributed by atoms with van der Waals surface area (Å²) in [5, 5.41) is -0.568. The van der Waals surface area contributed by atoms with Crippen molar-refractivity contribution in [2.75, 3.05) is 0 Å². The van der Waals surface area contributed by atoms with Crippen LogP contribution in [0, 0.1) is 24.7 Å². The molecular formula is C6H6O2S3. The predicted octanol–water partition coefficient (Wildman–Crippen LogP) is -0.206. The minimum Gasteiger partial charge on any atom is -0.273 e. The maximum Gasteiger partial charge on any atom is 0.157 e. The SMILES string of the molecule is C#CC(S)C(C#C)O[SH](=O)=S. The van der Waals surface area contributed by atoms with Gasteiger partial charge in [-0.15, -0.1) is 12.8 Å². The molecule has 0 aliphatic heterocycles. The molecule has 0 aliphatic rings. The molecule has 0 heterocycles. The van der Waals surface area contributed by atoms with Crippen molar-refractivity contribution in [3.8, 4) is 24.7 Å². The fourth-order valence-electron chi connectivity index (χ4n) is 0.359. The number of thiol groups is 2. The second-order valence-corrected chi connectivity index (χ2v) is 3.64. The number of hydrogen-bond donors (Lipinski definition) is 2. The van der Waals surface area contributed by atoms with E-state index in [2.05, 4.69) is 39.8 Å². The highest BCUT2D eigenvalue weighted by atomic mass is 32.8. The Morgan fingerprint density at radius 3 is 2.36 bits per heavy atom. The van der Waals surface area contributed by atoms with Crippen molar-refractivity contribution < 1.29 is 8.39 Å². The minimum absolute atomic E-state index is 0.568. The molecule has 5 heteroatoms. The molecule has 3 unspecified atom stereocenters. The van der Waals surface area contributed by atoms with Gasteiger partial charge in [0.1, 0.15) is 14.9 Å². The van der Waals surface area contributed by atoms with Gasteiger partial charge in [0.25, 0.3) is 0 Å². The topological polar surface area (TPSA) is 26.3 Å². The van der Waals surface area contributed by atoms with Gasteiger partial charge >= 0.3 is 0 Å². The van der Waals surface area contributed by atoms with Crippen molar-refractivity contribution in [1.82, 2.24) is 0 Å². The molecule has 11 heavy (non-hydrogen) atoms. The molecule has 2 nitrogen and oxygen atoms in total. The summed E-state index contributed by atoms with van der Waals surface area (Å²) >= 11 is 8.18. The molecule has 0 bridgehead atoms. The van der Waals surface area contributed by atoms with Crippen molar-refractivity contribution >= 4 is 33.5 Å². The third-order valence-electron chi connectivity index (χ3n) is 0.821. The van der Waals surface area contributed by atoms with Crippen molar-refractivity contribution in [2.45, 2.75) is 11.4 Å². The highest BCUT2D eigenvalue weighted by Crippen LogP contribution is 2.04. The zero-order chi connectivity index (χ0) is 8.85. The van der Waals surface area contributed by atoms with Gasteiger partial charge in [-0.1, -0.05) is 11.8 Å². The molecule has 0 aliphatic carbocycles. The van der Waals surface area contributed by atoms with Crippen molar-refractivity contribution in [3.05, 3.63) is 0 Å². The smallest absolute Gasteiger partial charge is 0.157 e. The van der Waals surface area contributed by atoms with E-state index in [1.807, 2.05) is 0 Å². The predicted molar refractivity (Wildman–Crippen MR) is 52.2 cm³/mol. The Balaban J connectivity index is 4.23. The monoisotopic (exact) mass is 206 g/mol. The summed E-state index contributed by atoms with van der Waals surface area (Å²) in [5.74, 6) is 4.44. The number of rotatable bonds is 3. The molecule has 0 aromatic heterocycles. The minimum atomic E-state index is -2.14. The molecule has 0 amide bonds. The third-order valence-corrected chi connectivity index (χ3v) is 1.90. The Kier molecular flexibility index (Phi) is 5.35. The van der Waals surface area contributed by atoms with Crippen molar-refractivity contribution in [3.63, 3.8) is 0 Å². The Morgan fingerprint density at radius 2 is 2.09 bits per heavy atom. The molecule has 0 saturated heterocycles. The standard InChI is InChI=1S/C6H6O2S3/c1-3-5(6(9)4-2)8-11(7)10/h1-2,5-6,9,11H. The zero-order valence-corrected chi connectivity index (χ0v) is 8.03. The van der Waals surface area contributed by atoms with E-state index in [1.165, 1.54) is 0 Å². The number of hydrogen-bond acceptors (Lipinski definition) is 4. The van der Waals surface area contributed by atoms with Crippen molar-refractivity contribution in [2.24, 2.45) is 0 Å². The molecule has 0 spiro atoms. The first-order chi connectivity index (χ1) is 5.11. The Bertz CT molecular complexity index is 261. The van der Waals surface area contributed by atoms with Crippen LogP contribution in [-0.2, 0) is 25.0 Å². The summed E-state index contributed by atoms with van der Waals surface area (Å²) in [6.07, 6.45) is 9.22. The average Bonchev–Trinajstić information content (AvgIpc) is 1.98. The maximum atomic E-state index is 10.4. The highest BCUT2D eigenvalue weighted by Gasteiger charge is 2.13. The van der Waals surface area contributed by atoms with Crippen LogP contribution < -0.4 is 0 Å². The van der Waals surface area contributed by atoms with Gasteiger partial charge in [0.05, 0.1) is 0 Å². The Hall–Kier alpha value is -0.200. The second-order valence-electron chi connectivity index (χ2n) is 1.53. The Morgan fingerprint density at radius 1 is 1.55 bits per heavy atom. The van der Waals surface area contributed by atoms with Crippen LogP contribution in [0.5, 0.6) is 0 Å². The van der Waals surface area contributed by atoms with Gasteiger partial charge in [0.2, 0.25) is 0 Å². The normalized spacial score (nSPS) is 17.4. The van der Waals surface area contributed by atoms with Crippen LogP contribution in [0.2, 0.25) is 0 Å². The molecule has 0 saturated carbocycles. The average molecular weight is 206 g/mol. The molecule has 0 radical (unpaired) electrons. The lowest BCUT2D eigenvalue weighted by Crippen LogP contribution is -2.20. The molecule has 0 aromatic rings. The van der Waals surface area contributed by atoms with E-state index in [0.717, 1.165) is 0 Å². The lowest BCUT2D eigenvalue weighted by molar-refractivity contribution is 0.307. The first kappa shape index (κ1) is 10.8. The fraction of sp³-hybridized carbons (Fsp3) is 0.333. The summed E-state index contributed by atoms with van der Waals surface area (Å²) in [6, 6.07) is 0. The van der Waals surface area contributed by atoms with E-state index in [4.69, 9.17) is 12.8 Å². The van der Waals surface area contributed by atoms with Gasteiger partial charge in [0, 0.05) is 11.2 Å². The van der Waals surface area contributed by atoms with Gasteiger partial charge in [-0.05, 0) is 0 Å². The second kappa shape index (κ2) is 5.45. The largest absolute Gasteiger partial charge is 0.273 e. The first-order valence-electron chi connectivity index (χ1n) is 2.53. The summed E-state index contributed by atoms with van der Waals surface area (Å²) in [6.45, 7) is 0. The molecular weight excluding hydrogens is 200 g/mol. The quantitative estimate of drug-likeness (QED) is 0.494. The van der Waals surface area contributed by atoms with Crippen LogP contribution in [0.25, 0.3) is 0 Å². The van der Waals surface area contributed by atoms with E-state index >= 15 is 0 Å². The third kappa shape index (κ3) is 4.28. The van der Waals surface area contributed by atoms with Gasteiger partial charge in [-0.25, -0.2) is 4.21 Å². The number of terminal acetylenes is 2. The fourth-order valence-corrected chi connectivity index (χ4v) is 1.25. The van der Waals surface area contributed by atoms with E-state index in [0.29, 0.717) is 0 Å². The van der Waals surface area contributed by atoms with E-state index < -0.39 is 21.0 Å². The lowest BCUT2D eigenvalue weighted by Gasteiger charge is -2.09. The van der Waals surface area contributed by atoms with Crippen LogP contribution in [0.4, 0.5) is 0 Å². The summed E-state index contributed by atoms with van der Waals surface area (Å²) in [5.41, 5.74) is 0. The summed E-state index contributed by atoms with van der Waals surface area (Å²) in [7, 11) is -2.14. The van der Waals surface area contributed by atoms with E-state index in [-0.39, 0.29) is 0 Å².